The molecule has 0 bridgehead atoms. The Labute approximate surface area is 83.4 Å². The number of rotatable bonds is 3. The van der Waals surface area contributed by atoms with Gasteiger partial charge in [0.2, 0.25) is 11.8 Å². The van der Waals surface area contributed by atoms with Crippen molar-refractivity contribution >= 4 is 11.8 Å². The molecule has 2 aliphatic rings. The number of likely N-dealkylation sites (tertiary alicyclic amines) is 1. The molecule has 14 heavy (non-hydrogen) atoms. The Morgan fingerprint density at radius 1 is 1.21 bits per heavy atom. The van der Waals surface area contributed by atoms with Crippen LogP contribution in [-0.2, 0) is 9.59 Å². The Hall–Kier alpha value is -0.900. The number of carbonyl (C=O) groups is 2. The fraction of sp³-hybridized carbons (Fsp3) is 0.800. The molecule has 1 saturated carbocycles. The van der Waals surface area contributed by atoms with Crippen LogP contribution in [0, 0.1) is 5.41 Å². The first-order valence-corrected chi connectivity index (χ1v) is 5.20. The molecule has 2 rings (SSSR count). The highest BCUT2D eigenvalue weighted by Gasteiger charge is 2.51. The zero-order chi connectivity index (χ0) is 10.2. The molecule has 4 nitrogen and oxygen atoms in total. The van der Waals surface area contributed by atoms with E-state index in [0.717, 1.165) is 12.8 Å². The quantitative estimate of drug-likeness (QED) is 0.659. The van der Waals surface area contributed by atoms with E-state index in [9.17, 15) is 9.59 Å². The second kappa shape index (κ2) is 3.35. The Morgan fingerprint density at radius 2 is 1.79 bits per heavy atom. The van der Waals surface area contributed by atoms with Crippen LogP contribution in [0.3, 0.4) is 0 Å². The van der Waals surface area contributed by atoms with E-state index in [4.69, 9.17) is 5.73 Å². The summed E-state index contributed by atoms with van der Waals surface area (Å²) in [5, 5.41) is 0. The minimum Gasteiger partial charge on any atom is -0.330 e. The number of hydrogen-bond donors (Lipinski definition) is 1. The first kappa shape index (κ1) is 9.65. The highest BCUT2D eigenvalue weighted by Crippen LogP contribution is 2.54. The van der Waals surface area contributed by atoms with Gasteiger partial charge in [0.1, 0.15) is 0 Å². The van der Waals surface area contributed by atoms with E-state index >= 15 is 0 Å². The number of nitrogens with zero attached hydrogens (tertiary/aromatic N) is 1. The van der Waals surface area contributed by atoms with Gasteiger partial charge in [-0.15, -0.1) is 0 Å². The lowest BCUT2D eigenvalue weighted by atomic mass is 9.92. The Morgan fingerprint density at radius 3 is 2.21 bits per heavy atom. The Bertz CT molecular complexity index is 251. The van der Waals surface area contributed by atoms with E-state index in [1.165, 1.54) is 4.90 Å². The van der Waals surface area contributed by atoms with Crippen LogP contribution < -0.4 is 5.73 Å². The molecule has 0 aromatic heterocycles. The number of hydrogen-bond acceptors (Lipinski definition) is 3. The molecule has 0 unspecified atom stereocenters. The summed E-state index contributed by atoms with van der Waals surface area (Å²) in [5.41, 5.74) is 5.43. The summed E-state index contributed by atoms with van der Waals surface area (Å²) < 4.78 is 0. The van der Waals surface area contributed by atoms with E-state index in [0.29, 0.717) is 32.4 Å². The highest BCUT2D eigenvalue weighted by molar-refractivity contribution is 5.98. The monoisotopic (exact) mass is 196 g/mol. The largest absolute Gasteiger partial charge is 0.330 e. The maximum Gasteiger partial charge on any atom is 0.229 e. The van der Waals surface area contributed by atoms with Crippen molar-refractivity contribution in [2.24, 2.45) is 11.1 Å². The van der Waals surface area contributed by atoms with Crippen molar-refractivity contribution in [1.82, 2.24) is 4.90 Å². The smallest absolute Gasteiger partial charge is 0.229 e. The van der Waals surface area contributed by atoms with Crippen molar-refractivity contribution < 1.29 is 9.59 Å². The highest BCUT2D eigenvalue weighted by atomic mass is 16.2. The number of imide groups is 1. The zero-order valence-electron chi connectivity index (χ0n) is 8.29. The summed E-state index contributed by atoms with van der Waals surface area (Å²) in [6.45, 7) is 1.03. The fourth-order valence-corrected chi connectivity index (χ4v) is 2.06. The molecule has 1 spiro atoms. The molecule has 78 valence electrons. The fourth-order valence-electron chi connectivity index (χ4n) is 2.06. The number of carbonyl (C=O) groups excluding carboxylic acids is 2. The molecule has 0 aromatic carbocycles. The second-order valence-electron chi connectivity index (χ2n) is 4.43. The predicted molar refractivity (Wildman–Crippen MR) is 51.3 cm³/mol. The van der Waals surface area contributed by atoms with Gasteiger partial charge >= 0.3 is 0 Å². The molecule has 0 radical (unpaired) electrons. The molecular weight excluding hydrogens is 180 g/mol. The van der Waals surface area contributed by atoms with Crippen LogP contribution >= 0.6 is 0 Å². The van der Waals surface area contributed by atoms with Crippen molar-refractivity contribution in [3.63, 3.8) is 0 Å². The summed E-state index contributed by atoms with van der Waals surface area (Å²) in [4.78, 5) is 24.6. The van der Waals surface area contributed by atoms with Crippen LogP contribution in [-0.4, -0.2) is 29.8 Å². The topological polar surface area (TPSA) is 63.4 Å². The maximum absolute atomic E-state index is 11.6. The zero-order valence-corrected chi connectivity index (χ0v) is 8.29. The third kappa shape index (κ3) is 1.66. The third-order valence-electron chi connectivity index (χ3n) is 3.20. The number of nitrogens with two attached hydrogens (primary N) is 1. The van der Waals surface area contributed by atoms with Crippen LogP contribution in [0.15, 0.2) is 0 Å². The van der Waals surface area contributed by atoms with E-state index in [1.54, 1.807) is 0 Å². The van der Waals surface area contributed by atoms with Gasteiger partial charge < -0.3 is 5.73 Å². The van der Waals surface area contributed by atoms with Crippen LogP contribution in [0.1, 0.15) is 32.1 Å². The van der Waals surface area contributed by atoms with Crippen LogP contribution in [0.2, 0.25) is 0 Å². The second-order valence-corrected chi connectivity index (χ2v) is 4.43. The van der Waals surface area contributed by atoms with Gasteiger partial charge in [0.15, 0.2) is 0 Å². The molecule has 0 aromatic rings. The first-order chi connectivity index (χ1) is 6.67. The molecule has 1 aliphatic carbocycles. The standard InChI is InChI=1S/C10H16N2O2/c11-4-1-5-12-8(13)6-10(2-3-10)7-9(12)14/h1-7,11H2. The molecule has 2 N–H and O–H groups in total. The summed E-state index contributed by atoms with van der Waals surface area (Å²) in [7, 11) is 0. The van der Waals surface area contributed by atoms with Gasteiger partial charge in [-0.3, -0.25) is 14.5 Å². The molecule has 4 heteroatoms. The third-order valence-corrected chi connectivity index (χ3v) is 3.20. The average Bonchev–Trinajstić information content (AvgIpc) is 2.83. The van der Waals surface area contributed by atoms with Gasteiger partial charge in [-0.1, -0.05) is 0 Å². The summed E-state index contributed by atoms with van der Waals surface area (Å²) >= 11 is 0. The average molecular weight is 196 g/mol. The molecule has 2 fully saturated rings. The molecule has 2 amide bonds. The van der Waals surface area contributed by atoms with E-state index in [-0.39, 0.29) is 17.2 Å². The van der Waals surface area contributed by atoms with Crippen molar-refractivity contribution in [1.29, 1.82) is 0 Å². The van der Waals surface area contributed by atoms with Gasteiger partial charge in [0.25, 0.3) is 0 Å². The Kier molecular flexibility index (Phi) is 2.31. The molecule has 1 saturated heterocycles. The minimum absolute atomic E-state index is 0.00667. The first-order valence-electron chi connectivity index (χ1n) is 5.20. The van der Waals surface area contributed by atoms with Crippen molar-refractivity contribution in [3.8, 4) is 0 Å². The summed E-state index contributed by atoms with van der Waals surface area (Å²) in [6, 6.07) is 0. The molecular formula is C10H16N2O2. The van der Waals surface area contributed by atoms with Crippen LogP contribution in [0.25, 0.3) is 0 Å². The van der Waals surface area contributed by atoms with Crippen molar-refractivity contribution in [2.75, 3.05) is 13.1 Å². The lowest BCUT2D eigenvalue weighted by Crippen LogP contribution is -2.44. The molecule has 1 aliphatic heterocycles. The number of piperidine rings is 1. The van der Waals surface area contributed by atoms with Gasteiger partial charge in [0.05, 0.1) is 0 Å². The van der Waals surface area contributed by atoms with Crippen LogP contribution in [0.5, 0.6) is 0 Å². The summed E-state index contributed by atoms with van der Waals surface area (Å²) in [5.74, 6) is 0.0133. The lowest BCUT2D eigenvalue weighted by Gasteiger charge is -2.29. The molecule has 1 heterocycles. The normalized spacial score (nSPS) is 24.5. The number of amides is 2. The van der Waals surface area contributed by atoms with Gasteiger partial charge in [0, 0.05) is 19.4 Å². The van der Waals surface area contributed by atoms with Crippen molar-refractivity contribution in [3.05, 3.63) is 0 Å². The lowest BCUT2D eigenvalue weighted by molar-refractivity contribution is -0.150. The van der Waals surface area contributed by atoms with E-state index < -0.39 is 0 Å². The van der Waals surface area contributed by atoms with Crippen LogP contribution in [0.4, 0.5) is 0 Å². The Balaban J connectivity index is 1.97. The molecule has 0 atom stereocenters. The van der Waals surface area contributed by atoms with E-state index in [2.05, 4.69) is 0 Å². The van der Waals surface area contributed by atoms with Gasteiger partial charge in [-0.25, -0.2) is 0 Å². The van der Waals surface area contributed by atoms with Gasteiger partial charge in [-0.05, 0) is 31.2 Å². The SMILES string of the molecule is NCCCN1C(=O)CC2(CC2)CC1=O. The summed E-state index contributed by atoms with van der Waals surface area (Å²) in [6.07, 6.45) is 3.96. The minimum atomic E-state index is 0.00667. The predicted octanol–water partition coefficient (Wildman–Crippen LogP) is 0.264. The van der Waals surface area contributed by atoms with E-state index in [1.807, 2.05) is 0 Å². The van der Waals surface area contributed by atoms with Gasteiger partial charge in [-0.2, -0.15) is 0 Å². The maximum atomic E-state index is 11.6. The van der Waals surface area contributed by atoms with Crippen molar-refractivity contribution in [2.45, 2.75) is 32.1 Å².